The highest BCUT2D eigenvalue weighted by Gasteiger charge is 2.44. The molecule has 31 heavy (non-hydrogen) atoms. The highest BCUT2D eigenvalue weighted by Crippen LogP contribution is 2.40. The van der Waals surface area contributed by atoms with Gasteiger partial charge in [0.05, 0.1) is 24.4 Å². The molecule has 1 amide bonds. The number of Topliss-reactive ketones (excluding diaryl/α,β-unsaturated/α-hetero) is 1. The minimum atomic E-state index is -0.824. The van der Waals surface area contributed by atoms with Gasteiger partial charge in [-0.3, -0.25) is 9.59 Å². The number of carbonyl (C=O) groups excluding carboxylic acids is 2. The predicted octanol–water partition coefficient (Wildman–Crippen LogP) is 5.46. The largest absolute Gasteiger partial charge is 0.503 e. The van der Waals surface area contributed by atoms with Gasteiger partial charge in [0.2, 0.25) is 5.78 Å². The van der Waals surface area contributed by atoms with Crippen molar-refractivity contribution in [2.75, 3.05) is 0 Å². The number of aliphatic hydroxyl groups excluding tert-OH is 1. The monoisotopic (exact) mass is 433 g/mol. The second-order valence-corrected chi connectivity index (χ2v) is 7.64. The third-order valence-corrected chi connectivity index (χ3v) is 5.54. The maximum atomic E-state index is 13.4. The number of nitrogens with zero attached hydrogens (tertiary/aromatic N) is 1. The Labute approximate surface area is 181 Å². The van der Waals surface area contributed by atoms with Crippen LogP contribution in [0.5, 0.6) is 0 Å². The Morgan fingerprint density at radius 3 is 2.55 bits per heavy atom. The number of ketones is 1. The van der Waals surface area contributed by atoms with Gasteiger partial charge in [-0.15, -0.1) is 0 Å². The average molecular weight is 434 g/mol. The number of halogens is 1. The van der Waals surface area contributed by atoms with Crippen molar-refractivity contribution >= 4 is 34.3 Å². The zero-order valence-corrected chi connectivity index (χ0v) is 16.9. The number of amides is 1. The molecule has 3 heterocycles. The fourth-order valence-corrected chi connectivity index (χ4v) is 3.96. The van der Waals surface area contributed by atoms with Gasteiger partial charge in [0.1, 0.15) is 11.3 Å². The van der Waals surface area contributed by atoms with E-state index < -0.39 is 23.5 Å². The molecule has 4 aromatic rings. The summed E-state index contributed by atoms with van der Waals surface area (Å²) in [4.78, 5) is 27.8. The molecule has 1 aliphatic heterocycles. The van der Waals surface area contributed by atoms with Crippen LogP contribution in [-0.4, -0.2) is 21.7 Å². The van der Waals surface area contributed by atoms with Crippen molar-refractivity contribution in [1.29, 1.82) is 0 Å². The summed E-state index contributed by atoms with van der Waals surface area (Å²) in [6.07, 6.45) is 1.50. The van der Waals surface area contributed by atoms with Crippen molar-refractivity contribution in [3.63, 3.8) is 0 Å². The third kappa shape index (κ3) is 3.31. The second kappa shape index (κ2) is 7.49. The van der Waals surface area contributed by atoms with E-state index in [1.165, 1.54) is 11.2 Å². The average Bonchev–Trinajstić information content (AvgIpc) is 3.49. The molecule has 0 saturated carbocycles. The number of carbonyl (C=O) groups is 2. The van der Waals surface area contributed by atoms with E-state index in [9.17, 15) is 14.7 Å². The van der Waals surface area contributed by atoms with Gasteiger partial charge < -0.3 is 18.8 Å². The van der Waals surface area contributed by atoms with Crippen molar-refractivity contribution < 1.29 is 23.5 Å². The molecule has 1 N–H and O–H groups in total. The lowest BCUT2D eigenvalue weighted by Crippen LogP contribution is -2.30. The number of furan rings is 2. The van der Waals surface area contributed by atoms with Gasteiger partial charge in [-0.1, -0.05) is 41.9 Å². The molecule has 0 bridgehead atoms. The fourth-order valence-electron chi connectivity index (χ4n) is 3.84. The summed E-state index contributed by atoms with van der Waals surface area (Å²) in [6, 6.07) is 18.2. The lowest BCUT2D eigenvalue weighted by Gasteiger charge is -2.25. The molecule has 0 saturated heterocycles. The van der Waals surface area contributed by atoms with E-state index in [2.05, 4.69) is 0 Å². The van der Waals surface area contributed by atoms with Crippen LogP contribution in [-0.2, 0) is 11.3 Å². The molecule has 0 spiro atoms. The molecule has 0 fully saturated rings. The number of hydrogen-bond acceptors (Lipinski definition) is 5. The molecule has 1 aliphatic rings. The number of para-hydroxylation sites is 1. The molecule has 0 aliphatic carbocycles. The Balaban J connectivity index is 1.61. The number of fused-ring (bicyclic) bond motifs is 1. The minimum Gasteiger partial charge on any atom is -0.503 e. The Kier molecular flexibility index (Phi) is 4.64. The summed E-state index contributed by atoms with van der Waals surface area (Å²) in [6.45, 7) is 0.0834. The molecule has 1 atom stereocenters. The standard InChI is InChI=1S/C24H16ClNO5/c25-16-9-7-14(8-10-16)21-20(22(27)19-12-15-4-1-2-6-18(15)31-19)23(28)24(29)26(21)13-17-5-3-11-30-17/h1-12,21,28H,13H2/t21-/m0/s1. The van der Waals surface area contributed by atoms with Crippen molar-refractivity contribution in [3.05, 3.63) is 106 Å². The smallest absolute Gasteiger partial charge is 0.290 e. The number of aliphatic hydroxyl groups is 1. The van der Waals surface area contributed by atoms with Gasteiger partial charge in [0.25, 0.3) is 5.91 Å². The molecule has 5 rings (SSSR count). The molecule has 154 valence electrons. The van der Waals surface area contributed by atoms with Crippen molar-refractivity contribution in [2.45, 2.75) is 12.6 Å². The molecule has 7 heteroatoms. The van der Waals surface area contributed by atoms with E-state index in [4.69, 9.17) is 20.4 Å². The number of benzene rings is 2. The predicted molar refractivity (Wildman–Crippen MR) is 114 cm³/mol. The Hall–Kier alpha value is -3.77. The van der Waals surface area contributed by atoms with E-state index in [0.717, 1.165) is 5.39 Å². The van der Waals surface area contributed by atoms with Gasteiger partial charge in [-0.05, 0) is 42.0 Å². The van der Waals surface area contributed by atoms with Gasteiger partial charge in [-0.2, -0.15) is 0 Å². The number of rotatable bonds is 5. The first-order valence-corrected chi connectivity index (χ1v) is 9.96. The lowest BCUT2D eigenvalue weighted by atomic mass is 9.95. The zero-order chi connectivity index (χ0) is 21.5. The Bertz CT molecular complexity index is 1280. The van der Waals surface area contributed by atoms with Crippen LogP contribution in [0.25, 0.3) is 11.0 Å². The van der Waals surface area contributed by atoms with Crippen LogP contribution in [0.4, 0.5) is 0 Å². The van der Waals surface area contributed by atoms with E-state index in [1.54, 1.807) is 54.6 Å². The quantitative estimate of drug-likeness (QED) is 0.422. The molecular formula is C24H16ClNO5. The molecule has 0 unspecified atom stereocenters. The van der Waals surface area contributed by atoms with E-state index >= 15 is 0 Å². The van der Waals surface area contributed by atoms with Crippen LogP contribution < -0.4 is 0 Å². The molecule has 2 aromatic heterocycles. The first-order valence-electron chi connectivity index (χ1n) is 9.58. The SMILES string of the molecule is O=C(C1=C(O)C(=O)N(Cc2ccco2)[C@H]1c1ccc(Cl)cc1)c1cc2ccccc2o1. The van der Waals surface area contributed by atoms with Gasteiger partial charge in [0, 0.05) is 10.4 Å². The van der Waals surface area contributed by atoms with Gasteiger partial charge >= 0.3 is 0 Å². The number of hydrogen-bond donors (Lipinski definition) is 1. The van der Waals surface area contributed by atoms with Crippen LogP contribution in [0.3, 0.4) is 0 Å². The summed E-state index contributed by atoms with van der Waals surface area (Å²) in [7, 11) is 0. The normalized spacial score (nSPS) is 16.5. The molecule has 2 aromatic carbocycles. The minimum absolute atomic E-state index is 0.0436. The van der Waals surface area contributed by atoms with Crippen molar-refractivity contribution in [1.82, 2.24) is 4.90 Å². The van der Waals surface area contributed by atoms with Crippen molar-refractivity contribution in [3.8, 4) is 0 Å². The molecule has 0 radical (unpaired) electrons. The summed E-state index contributed by atoms with van der Waals surface area (Å²) >= 11 is 6.03. The Morgan fingerprint density at radius 2 is 1.84 bits per heavy atom. The van der Waals surface area contributed by atoms with Crippen LogP contribution in [0.15, 0.2) is 93.2 Å². The highest BCUT2D eigenvalue weighted by molar-refractivity contribution is 6.30. The Morgan fingerprint density at radius 1 is 1.06 bits per heavy atom. The third-order valence-electron chi connectivity index (χ3n) is 5.29. The molecular weight excluding hydrogens is 418 g/mol. The lowest BCUT2D eigenvalue weighted by molar-refractivity contribution is -0.130. The highest BCUT2D eigenvalue weighted by atomic mass is 35.5. The van der Waals surface area contributed by atoms with Crippen molar-refractivity contribution in [2.24, 2.45) is 0 Å². The summed E-state index contributed by atoms with van der Waals surface area (Å²) in [5, 5.41) is 12.0. The summed E-state index contributed by atoms with van der Waals surface area (Å²) in [5.74, 6) is -1.23. The maximum absolute atomic E-state index is 13.4. The van der Waals surface area contributed by atoms with Crippen LogP contribution in [0, 0.1) is 0 Å². The molecule has 6 nitrogen and oxygen atoms in total. The van der Waals surface area contributed by atoms with E-state index in [0.29, 0.717) is 21.9 Å². The summed E-state index contributed by atoms with van der Waals surface area (Å²) in [5.41, 5.74) is 1.14. The van der Waals surface area contributed by atoms with E-state index in [-0.39, 0.29) is 17.9 Å². The zero-order valence-electron chi connectivity index (χ0n) is 16.1. The van der Waals surface area contributed by atoms with Gasteiger partial charge in [0.15, 0.2) is 11.5 Å². The second-order valence-electron chi connectivity index (χ2n) is 7.21. The fraction of sp³-hybridized carbons (Fsp3) is 0.0833. The van der Waals surface area contributed by atoms with Crippen LogP contribution in [0.2, 0.25) is 5.02 Å². The maximum Gasteiger partial charge on any atom is 0.290 e. The van der Waals surface area contributed by atoms with Crippen LogP contribution >= 0.6 is 11.6 Å². The van der Waals surface area contributed by atoms with E-state index in [1.807, 2.05) is 12.1 Å². The summed E-state index contributed by atoms with van der Waals surface area (Å²) < 4.78 is 11.1. The van der Waals surface area contributed by atoms with Crippen LogP contribution in [0.1, 0.15) is 27.9 Å². The first-order chi connectivity index (χ1) is 15.0. The van der Waals surface area contributed by atoms with Gasteiger partial charge in [-0.25, -0.2) is 0 Å². The first kappa shape index (κ1) is 19.2. The topological polar surface area (TPSA) is 83.9 Å².